The van der Waals surface area contributed by atoms with Gasteiger partial charge in [-0.3, -0.25) is 4.79 Å². The van der Waals surface area contributed by atoms with E-state index in [1.807, 2.05) is 0 Å². The standard InChI is InChI=1S/C24H24ClN7OS/c1-31-9-6-16(18(25)22(31)33)34-17-13-27-20-21(28-17)30-23(29-20)32-10-7-24(8-11-32)12-14-4-2-3-5-15(14)19(24)26/h2-6,9,13,19H,7-8,10-12,26H2,1H3,(H,27,28,29,30)/t19-/m1/s1. The van der Waals surface area contributed by atoms with E-state index in [4.69, 9.17) is 17.3 Å². The van der Waals surface area contributed by atoms with Crippen molar-refractivity contribution in [3.63, 3.8) is 0 Å². The number of aryl methyl sites for hydroxylation is 1. The summed E-state index contributed by atoms with van der Waals surface area (Å²) in [7, 11) is 1.67. The summed E-state index contributed by atoms with van der Waals surface area (Å²) in [6.45, 7) is 1.76. The molecular weight excluding hydrogens is 470 g/mol. The van der Waals surface area contributed by atoms with Crippen LogP contribution in [-0.2, 0) is 13.5 Å². The minimum absolute atomic E-state index is 0.0890. The lowest BCUT2D eigenvalue weighted by Gasteiger charge is -2.42. The smallest absolute Gasteiger partial charge is 0.270 e. The fourth-order valence-electron chi connectivity index (χ4n) is 5.21. The molecule has 4 aromatic rings. The van der Waals surface area contributed by atoms with Crippen molar-refractivity contribution >= 4 is 40.6 Å². The summed E-state index contributed by atoms with van der Waals surface area (Å²) in [4.78, 5) is 32.1. The summed E-state index contributed by atoms with van der Waals surface area (Å²) in [5, 5.41) is 0.821. The zero-order valence-electron chi connectivity index (χ0n) is 18.7. The van der Waals surface area contributed by atoms with E-state index in [2.05, 4.69) is 49.1 Å². The topological polar surface area (TPSA) is 106 Å². The Balaban J connectivity index is 1.20. The molecule has 10 heteroatoms. The van der Waals surface area contributed by atoms with Gasteiger partial charge in [0.2, 0.25) is 5.95 Å². The number of pyridine rings is 1. The number of hydrogen-bond donors (Lipinski definition) is 2. The van der Waals surface area contributed by atoms with Gasteiger partial charge in [0.05, 0.1) is 6.20 Å². The van der Waals surface area contributed by atoms with E-state index in [1.54, 1.807) is 25.5 Å². The second-order valence-corrected chi connectivity index (χ2v) is 10.6. The van der Waals surface area contributed by atoms with Gasteiger partial charge in [0.15, 0.2) is 11.3 Å². The zero-order chi connectivity index (χ0) is 23.4. The van der Waals surface area contributed by atoms with Crippen molar-refractivity contribution in [2.75, 3.05) is 18.0 Å². The van der Waals surface area contributed by atoms with Crippen molar-refractivity contribution < 1.29 is 0 Å². The average molecular weight is 494 g/mol. The number of piperidine rings is 1. The van der Waals surface area contributed by atoms with Crippen molar-refractivity contribution in [3.8, 4) is 0 Å². The van der Waals surface area contributed by atoms with Gasteiger partial charge >= 0.3 is 0 Å². The number of rotatable bonds is 3. The summed E-state index contributed by atoms with van der Waals surface area (Å²) in [5.74, 6) is 0.780. The summed E-state index contributed by atoms with van der Waals surface area (Å²) >= 11 is 7.53. The molecular formula is C24H24ClN7OS. The van der Waals surface area contributed by atoms with E-state index in [-0.39, 0.29) is 22.0 Å². The Bertz CT molecular complexity index is 1460. The fraction of sp³-hybridized carbons (Fsp3) is 0.333. The van der Waals surface area contributed by atoms with Crippen LogP contribution in [-0.4, -0.2) is 37.6 Å². The summed E-state index contributed by atoms with van der Waals surface area (Å²) in [6, 6.07) is 10.5. The van der Waals surface area contributed by atoms with Crippen LogP contribution >= 0.6 is 23.4 Å². The molecule has 1 saturated heterocycles. The predicted molar refractivity (Wildman–Crippen MR) is 133 cm³/mol. The van der Waals surface area contributed by atoms with E-state index < -0.39 is 0 Å². The lowest BCUT2D eigenvalue weighted by Crippen LogP contribution is -2.44. The Labute approximate surface area is 205 Å². The van der Waals surface area contributed by atoms with E-state index in [0.29, 0.717) is 21.2 Å². The third kappa shape index (κ3) is 3.50. The van der Waals surface area contributed by atoms with Gasteiger partial charge in [-0.15, -0.1) is 0 Å². The van der Waals surface area contributed by atoms with Gasteiger partial charge in [0, 0.05) is 37.3 Å². The molecule has 0 amide bonds. The Hall–Kier alpha value is -2.88. The fourth-order valence-corrected chi connectivity index (χ4v) is 6.29. The molecule has 174 valence electrons. The molecule has 8 nitrogen and oxygen atoms in total. The van der Waals surface area contributed by atoms with Gasteiger partial charge in [0.25, 0.3) is 5.56 Å². The van der Waals surface area contributed by atoms with Crippen LogP contribution < -0.4 is 16.2 Å². The Morgan fingerprint density at radius 3 is 2.79 bits per heavy atom. The Kier molecular flexibility index (Phi) is 5.16. The maximum absolute atomic E-state index is 12.1. The number of H-pyrrole nitrogens is 1. The first-order valence-electron chi connectivity index (χ1n) is 11.3. The summed E-state index contributed by atoms with van der Waals surface area (Å²) in [5.41, 5.74) is 10.5. The normalized spacial score (nSPS) is 19.1. The van der Waals surface area contributed by atoms with Crippen LogP contribution in [0.3, 0.4) is 0 Å². The third-order valence-electron chi connectivity index (χ3n) is 7.21. The Morgan fingerprint density at radius 1 is 1.21 bits per heavy atom. The molecule has 0 radical (unpaired) electrons. The predicted octanol–water partition coefficient (Wildman–Crippen LogP) is 3.70. The van der Waals surface area contributed by atoms with E-state index in [0.717, 1.165) is 38.3 Å². The van der Waals surface area contributed by atoms with Crippen molar-refractivity contribution in [2.45, 2.75) is 35.2 Å². The van der Waals surface area contributed by atoms with Crippen LogP contribution in [0.1, 0.15) is 30.0 Å². The maximum atomic E-state index is 12.1. The summed E-state index contributed by atoms with van der Waals surface area (Å²) in [6.07, 6.45) is 6.43. The molecule has 0 bridgehead atoms. The molecule has 1 aliphatic heterocycles. The molecule has 0 unspecified atom stereocenters. The average Bonchev–Trinajstić information content (AvgIpc) is 3.39. The van der Waals surface area contributed by atoms with Crippen LogP contribution in [0.15, 0.2) is 57.4 Å². The van der Waals surface area contributed by atoms with Crippen LogP contribution in [0.5, 0.6) is 0 Å². The highest BCUT2D eigenvalue weighted by atomic mass is 35.5. The molecule has 3 N–H and O–H groups in total. The lowest BCUT2D eigenvalue weighted by molar-refractivity contribution is 0.187. The molecule has 1 spiro atoms. The first-order valence-corrected chi connectivity index (χ1v) is 12.5. The van der Waals surface area contributed by atoms with Gasteiger partial charge in [-0.2, -0.15) is 4.98 Å². The largest absolute Gasteiger partial charge is 0.342 e. The number of nitrogens with zero attached hydrogens (tertiary/aromatic N) is 5. The van der Waals surface area contributed by atoms with Gasteiger partial charge in [-0.25, -0.2) is 9.97 Å². The number of benzene rings is 1. The van der Waals surface area contributed by atoms with Gasteiger partial charge in [-0.1, -0.05) is 47.6 Å². The van der Waals surface area contributed by atoms with Gasteiger partial charge in [-0.05, 0) is 41.9 Å². The van der Waals surface area contributed by atoms with Crippen LogP contribution in [0.25, 0.3) is 11.3 Å². The van der Waals surface area contributed by atoms with Crippen LogP contribution in [0.4, 0.5) is 5.95 Å². The highest BCUT2D eigenvalue weighted by Gasteiger charge is 2.46. The summed E-state index contributed by atoms with van der Waals surface area (Å²) < 4.78 is 1.45. The number of anilines is 1. The SMILES string of the molecule is Cn1ccc(Sc2cnc3nc(N4CCC5(CC4)Cc4ccccc4[C@H]5N)[nH]c3n2)c(Cl)c1=O. The number of fused-ring (bicyclic) bond motifs is 2. The number of aromatic amines is 1. The van der Waals surface area contributed by atoms with Gasteiger partial charge in [0.1, 0.15) is 10.0 Å². The minimum atomic E-state index is -0.238. The highest BCUT2D eigenvalue weighted by Crippen LogP contribution is 2.50. The lowest BCUT2D eigenvalue weighted by atomic mass is 9.73. The number of nitrogens with one attached hydrogen (secondary N) is 1. The second-order valence-electron chi connectivity index (χ2n) is 9.16. The molecule has 0 saturated carbocycles. The highest BCUT2D eigenvalue weighted by molar-refractivity contribution is 7.99. The van der Waals surface area contributed by atoms with E-state index in [9.17, 15) is 4.79 Å². The maximum Gasteiger partial charge on any atom is 0.270 e. The number of halogens is 1. The molecule has 2 aliphatic rings. The molecule has 1 atom stereocenters. The first-order chi connectivity index (χ1) is 16.4. The zero-order valence-corrected chi connectivity index (χ0v) is 20.2. The molecule has 6 rings (SSSR count). The quantitative estimate of drug-likeness (QED) is 0.448. The van der Waals surface area contributed by atoms with E-state index >= 15 is 0 Å². The first kappa shape index (κ1) is 21.6. The second kappa shape index (κ2) is 8.11. The third-order valence-corrected chi connectivity index (χ3v) is 8.66. The van der Waals surface area contributed by atoms with Crippen molar-refractivity contribution in [3.05, 3.63) is 69.2 Å². The van der Waals surface area contributed by atoms with Crippen molar-refractivity contribution in [1.29, 1.82) is 0 Å². The number of nitrogens with two attached hydrogens (primary N) is 1. The number of aromatic nitrogens is 5. The van der Waals surface area contributed by atoms with Crippen molar-refractivity contribution in [1.82, 2.24) is 24.5 Å². The molecule has 34 heavy (non-hydrogen) atoms. The van der Waals surface area contributed by atoms with Gasteiger partial charge < -0.3 is 20.2 Å². The monoisotopic (exact) mass is 493 g/mol. The molecule has 1 fully saturated rings. The minimum Gasteiger partial charge on any atom is -0.342 e. The number of imidazole rings is 1. The molecule has 1 aromatic carbocycles. The van der Waals surface area contributed by atoms with Crippen molar-refractivity contribution in [2.24, 2.45) is 18.2 Å². The molecule has 3 aromatic heterocycles. The molecule has 4 heterocycles. The van der Waals surface area contributed by atoms with E-state index in [1.165, 1.54) is 27.5 Å². The Morgan fingerprint density at radius 2 is 2.00 bits per heavy atom. The van der Waals surface area contributed by atoms with Crippen LogP contribution in [0.2, 0.25) is 5.02 Å². The number of hydrogen-bond acceptors (Lipinski definition) is 7. The molecule has 1 aliphatic carbocycles. The van der Waals surface area contributed by atoms with Crippen LogP contribution in [0, 0.1) is 5.41 Å².